The van der Waals surface area contributed by atoms with Crippen LogP contribution in [0.4, 0.5) is 11.4 Å². The van der Waals surface area contributed by atoms with Crippen LogP contribution in [-0.4, -0.2) is 23.4 Å². The van der Waals surface area contributed by atoms with Crippen LogP contribution in [0.5, 0.6) is 0 Å². The first-order valence-corrected chi connectivity index (χ1v) is 9.82. The molecule has 0 radical (unpaired) electrons. The molecule has 2 aromatic carbocycles. The molecule has 146 valence electrons. The van der Waals surface area contributed by atoms with Crippen molar-refractivity contribution in [2.45, 2.75) is 12.8 Å². The Kier molecular flexibility index (Phi) is 4.44. The predicted molar refractivity (Wildman–Crippen MR) is 116 cm³/mol. The maximum Gasteiger partial charge on any atom is 0.139 e. The molecule has 0 atom stereocenters. The lowest BCUT2D eigenvalue weighted by atomic mass is 10.0. The fraction of sp³-hybridized carbons (Fsp3) is 0.174. The standard InChI is InChI=1S/C23H23N5O/c1-29-19-15-20(21-12-14-25-28(21)18-9-3-2-4-10-18)26-27(16-19)22-11-5-7-17-8-6-13-24-23(17)22/h2-5,7,9-12,14-16,24,26H,6,8,13H2,1H3. The lowest BCUT2D eigenvalue weighted by Crippen LogP contribution is -2.36. The number of allylic oxidation sites excluding steroid dienone is 1. The van der Waals surface area contributed by atoms with Gasteiger partial charge in [-0.3, -0.25) is 10.4 Å². The highest BCUT2D eigenvalue weighted by Gasteiger charge is 2.22. The first-order chi connectivity index (χ1) is 14.3. The highest BCUT2D eigenvalue weighted by molar-refractivity contribution is 5.78. The second-order valence-corrected chi connectivity index (χ2v) is 7.08. The molecule has 0 unspecified atom stereocenters. The number of anilines is 2. The topological polar surface area (TPSA) is 54.4 Å². The molecule has 1 aromatic heterocycles. The second kappa shape index (κ2) is 7.39. The highest BCUT2D eigenvalue weighted by Crippen LogP contribution is 2.34. The number of nitrogens with zero attached hydrogens (tertiary/aromatic N) is 3. The molecule has 5 rings (SSSR count). The van der Waals surface area contributed by atoms with Gasteiger partial charge in [0, 0.05) is 12.6 Å². The Morgan fingerprint density at radius 3 is 2.79 bits per heavy atom. The van der Waals surface area contributed by atoms with Gasteiger partial charge in [-0.1, -0.05) is 30.3 Å². The number of para-hydroxylation sites is 2. The molecule has 0 saturated carbocycles. The Hall–Kier alpha value is -3.67. The van der Waals surface area contributed by atoms with E-state index in [2.05, 4.69) is 34.0 Å². The van der Waals surface area contributed by atoms with Gasteiger partial charge >= 0.3 is 0 Å². The largest absolute Gasteiger partial charge is 0.495 e. The number of rotatable bonds is 4. The number of hydrazine groups is 1. The average molecular weight is 385 g/mol. The number of benzene rings is 2. The third kappa shape index (κ3) is 3.23. The summed E-state index contributed by atoms with van der Waals surface area (Å²) in [4.78, 5) is 0. The monoisotopic (exact) mass is 385 g/mol. The molecular weight excluding hydrogens is 362 g/mol. The maximum absolute atomic E-state index is 5.61. The number of hydrogen-bond acceptors (Lipinski definition) is 5. The van der Waals surface area contributed by atoms with Gasteiger partial charge in [0.05, 0.1) is 48.0 Å². The number of nitrogens with one attached hydrogen (secondary N) is 2. The molecule has 0 bridgehead atoms. The number of methoxy groups -OCH3 is 1. The fourth-order valence-corrected chi connectivity index (χ4v) is 3.85. The molecule has 2 aliphatic heterocycles. The summed E-state index contributed by atoms with van der Waals surface area (Å²) in [6.45, 7) is 0.988. The van der Waals surface area contributed by atoms with Crippen LogP contribution in [-0.2, 0) is 11.2 Å². The number of aromatic nitrogens is 2. The van der Waals surface area contributed by atoms with E-state index in [0.29, 0.717) is 0 Å². The molecule has 6 nitrogen and oxygen atoms in total. The molecule has 0 saturated heterocycles. The van der Waals surface area contributed by atoms with E-state index in [1.165, 1.54) is 11.3 Å². The zero-order valence-electron chi connectivity index (χ0n) is 16.3. The van der Waals surface area contributed by atoms with Gasteiger partial charge in [-0.05, 0) is 42.7 Å². The summed E-state index contributed by atoms with van der Waals surface area (Å²) < 4.78 is 7.54. The van der Waals surface area contributed by atoms with Crippen LogP contribution in [0.1, 0.15) is 17.7 Å². The van der Waals surface area contributed by atoms with Crippen molar-refractivity contribution in [2.75, 3.05) is 24.0 Å². The number of ether oxygens (including phenoxy) is 1. The van der Waals surface area contributed by atoms with Crippen molar-refractivity contribution in [1.82, 2.24) is 15.2 Å². The van der Waals surface area contributed by atoms with Crippen molar-refractivity contribution < 1.29 is 4.74 Å². The van der Waals surface area contributed by atoms with Crippen LogP contribution >= 0.6 is 0 Å². The van der Waals surface area contributed by atoms with E-state index in [-0.39, 0.29) is 0 Å². The number of fused-ring (bicyclic) bond motifs is 1. The van der Waals surface area contributed by atoms with E-state index < -0.39 is 0 Å². The fourth-order valence-electron chi connectivity index (χ4n) is 3.85. The molecule has 3 aromatic rings. The molecule has 3 heterocycles. The predicted octanol–water partition coefficient (Wildman–Crippen LogP) is 4.08. The van der Waals surface area contributed by atoms with E-state index in [0.717, 1.165) is 47.9 Å². The summed E-state index contributed by atoms with van der Waals surface area (Å²) in [5.74, 6) is 0.771. The third-order valence-electron chi connectivity index (χ3n) is 5.25. The van der Waals surface area contributed by atoms with Crippen molar-refractivity contribution >= 4 is 17.1 Å². The lowest BCUT2D eigenvalue weighted by Gasteiger charge is -2.32. The zero-order valence-corrected chi connectivity index (χ0v) is 16.3. The first-order valence-electron chi connectivity index (χ1n) is 9.82. The number of hydrogen-bond donors (Lipinski definition) is 2. The SMILES string of the molecule is COC1=CN(c2cccc3c2NCCC3)NC(c2ccnn2-c2ccccc2)=C1. The van der Waals surface area contributed by atoms with Gasteiger partial charge in [0.1, 0.15) is 5.76 Å². The molecule has 29 heavy (non-hydrogen) atoms. The first kappa shape index (κ1) is 17.4. The molecule has 2 aliphatic rings. The summed E-state index contributed by atoms with van der Waals surface area (Å²) in [7, 11) is 1.69. The normalized spacial score (nSPS) is 15.6. The molecule has 2 N–H and O–H groups in total. The summed E-state index contributed by atoms with van der Waals surface area (Å²) in [6, 6.07) is 18.5. The van der Waals surface area contributed by atoms with Crippen molar-refractivity contribution in [2.24, 2.45) is 0 Å². The molecule has 6 heteroatoms. The smallest absolute Gasteiger partial charge is 0.139 e. The van der Waals surface area contributed by atoms with Crippen molar-refractivity contribution in [1.29, 1.82) is 0 Å². The quantitative estimate of drug-likeness (QED) is 0.709. The van der Waals surface area contributed by atoms with Gasteiger partial charge in [-0.25, -0.2) is 4.68 Å². The zero-order chi connectivity index (χ0) is 19.6. The minimum atomic E-state index is 0.771. The Morgan fingerprint density at radius 2 is 1.93 bits per heavy atom. The van der Waals surface area contributed by atoms with Crippen molar-refractivity contribution in [3.63, 3.8) is 0 Å². The van der Waals surface area contributed by atoms with Crippen LogP contribution in [0, 0.1) is 0 Å². The lowest BCUT2D eigenvalue weighted by molar-refractivity contribution is 0.303. The van der Waals surface area contributed by atoms with E-state index in [1.807, 2.05) is 64.6 Å². The van der Waals surface area contributed by atoms with Gasteiger partial charge in [0.2, 0.25) is 0 Å². The Bertz CT molecular complexity index is 1080. The van der Waals surface area contributed by atoms with Gasteiger partial charge < -0.3 is 10.1 Å². The van der Waals surface area contributed by atoms with E-state index >= 15 is 0 Å². The van der Waals surface area contributed by atoms with Crippen molar-refractivity contribution in [3.8, 4) is 5.69 Å². The maximum atomic E-state index is 5.61. The minimum Gasteiger partial charge on any atom is -0.495 e. The summed E-state index contributed by atoms with van der Waals surface area (Å²) in [5.41, 5.74) is 10.0. The average Bonchev–Trinajstić information content (AvgIpc) is 3.29. The highest BCUT2D eigenvalue weighted by atomic mass is 16.5. The van der Waals surface area contributed by atoms with Crippen LogP contribution in [0.15, 0.2) is 78.8 Å². The number of aryl methyl sites for hydroxylation is 1. The summed E-state index contributed by atoms with van der Waals surface area (Å²) in [5, 5.41) is 10.1. The third-order valence-corrected chi connectivity index (χ3v) is 5.25. The molecule has 0 aliphatic carbocycles. The molecular formula is C23H23N5O. The van der Waals surface area contributed by atoms with Gasteiger partial charge in [-0.2, -0.15) is 5.10 Å². The van der Waals surface area contributed by atoms with E-state index in [1.54, 1.807) is 7.11 Å². The van der Waals surface area contributed by atoms with Crippen LogP contribution in [0.25, 0.3) is 11.4 Å². The van der Waals surface area contributed by atoms with Crippen LogP contribution in [0.3, 0.4) is 0 Å². The van der Waals surface area contributed by atoms with Gasteiger partial charge in [0.25, 0.3) is 0 Å². The molecule has 0 spiro atoms. The molecule has 0 fully saturated rings. The summed E-state index contributed by atoms with van der Waals surface area (Å²) >= 11 is 0. The van der Waals surface area contributed by atoms with Gasteiger partial charge in [0.15, 0.2) is 0 Å². The van der Waals surface area contributed by atoms with Crippen molar-refractivity contribution in [3.05, 3.63) is 90.1 Å². The van der Waals surface area contributed by atoms with Gasteiger partial charge in [-0.15, -0.1) is 0 Å². The minimum absolute atomic E-state index is 0.771. The Balaban J connectivity index is 1.54. The van der Waals surface area contributed by atoms with E-state index in [4.69, 9.17) is 4.74 Å². The Labute approximate surface area is 170 Å². The Morgan fingerprint density at radius 1 is 1.03 bits per heavy atom. The van der Waals surface area contributed by atoms with Crippen LogP contribution < -0.4 is 15.8 Å². The van der Waals surface area contributed by atoms with E-state index in [9.17, 15) is 0 Å². The summed E-state index contributed by atoms with van der Waals surface area (Å²) in [6.07, 6.45) is 8.03. The second-order valence-electron chi connectivity index (χ2n) is 7.08. The van der Waals surface area contributed by atoms with Crippen LogP contribution in [0.2, 0.25) is 0 Å². The molecule has 0 amide bonds.